The molecule has 0 radical (unpaired) electrons. The molecule has 14 heavy (non-hydrogen) atoms. The maximum absolute atomic E-state index is 9.42. The molecule has 1 aliphatic carbocycles. The summed E-state index contributed by atoms with van der Waals surface area (Å²) < 4.78 is 0. The van der Waals surface area contributed by atoms with Gasteiger partial charge in [0.2, 0.25) is 0 Å². The Morgan fingerprint density at radius 1 is 1.43 bits per heavy atom. The van der Waals surface area contributed by atoms with Gasteiger partial charge in [0, 0.05) is 6.04 Å². The van der Waals surface area contributed by atoms with Crippen LogP contribution in [0.5, 0.6) is 5.75 Å². The zero-order valence-electron chi connectivity index (χ0n) is 8.11. The van der Waals surface area contributed by atoms with Gasteiger partial charge >= 0.3 is 0 Å². The Morgan fingerprint density at radius 2 is 2.14 bits per heavy atom. The Morgan fingerprint density at radius 3 is 2.71 bits per heavy atom. The van der Waals surface area contributed by atoms with Gasteiger partial charge in [-0.25, -0.2) is 0 Å². The average Bonchev–Trinajstić information content (AvgIpc) is 2.93. The van der Waals surface area contributed by atoms with E-state index in [-0.39, 0.29) is 11.8 Å². The van der Waals surface area contributed by atoms with E-state index in [1.807, 2.05) is 6.07 Å². The lowest BCUT2D eigenvalue weighted by atomic mass is 10.0. The van der Waals surface area contributed by atoms with E-state index in [9.17, 15) is 5.11 Å². The lowest BCUT2D eigenvalue weighted by Gasteiger charge is -2.12. The van der Waals surface area contributed by atoms with E-state index in [4.69, 9.17) is 11.5 Å². The number of benzene rings is 1. The van der Waals surface area contributed by atoms with Gasteiger partial charge in [0.25, 0.3) is 0 Å². The number of aromatic hydroxyl groups is 1. The van der Waals surface area contributed by atoms with E-state index < -0.39 is 0 Å². The molecule has 1 atom stereocenters. The number of phenols is 1. The first kappa shape index (κ1) is 9.34. The monoisotopic (exact) mass is 192 g/mol. The van der Waals surface area contributed by atoms with Crippen molar-refractivity contribution in [1.29, 1.82) is 0 Å². The van der Waals surface area contributed by atoms with Crippen molar-refractivity contribution in [3.63, 3.8) is 0 Å². The molecule has 1 fully saturated rings. The van der Waals surface area contributed by atoms with Crippen LogP contribution >= 0.6 is 0 Å². The van der Waals surface area contributed by atoms with Crippen LogP contribution in [0.15, 0.2) is 18.2 Å². The van der Waals surface area contributed by atoms with Gasteiger partial charge in [-0.15, -0.1) is 0 Å². The molecule has 0 aromatic heterocycles. The fraction of sp³-hybridized carbons (Fsp3) is 0.455. The second-order valence-electron chi connectivity index (χ2n) is 4.10. The molecule has 0 heterocycles. The van der Waals surface area contributed by atoms with E-state index in [1.165, 1.54) is 12.8 Å². The fourth-order valence-electron chi connectivity index (χ4n) is 1.64. The lowest BCUT2D eigenvalue weighted by molar-refractivity contribution is 0.475. The average molecular weight is 192 g/mol. The van der Waals surface area contributed by atoms with Crippen molar-refractivity contribution in [2.75, 3.05) is 5.73 Å². The zero-order chi connectivity index (χ0) is 10.1. The summed E-state index contributed by atoms with van der Waals surface area (Å²) in [4.78, 5) is 0. The molecule has 0 amide bonds. The highest BCUT2D eigenvalue weighted by molar-refractivity contribution is 5.53. The normalized spacial score (nSPS) is 18.1. The number of phenolic OH excluding ortho intramolecular Hbond substituents is 1. The maximum Gasteiger partial charge on any atom is 0.138 e. The van der Waals surface area contributed by atoms with Gasteiger partial charge < -0.3 is 16.6 Å². The summed E-state index contributed by atoms with van der Waals surface area (Å²) in [6, 6.07) is 5.30. The molecule has 0 bridgehead atoms. The molecule has 1 aliphatic rings. The molecule has 0 spiro atoms. The van der Waals surface area contributed by atoms with Crippen LogP contribution in [0.1, 0.15) is 30.9 Å². The van der Waals surface area contributed by atoms with Crippen LogP contribution in [0.4, 0.5) is 5.69 Å². The third-order valence-electron chi connectivity index (χ3n) is 2.77. The largest absolute Gasteiger partial charge is 0.506 e. The second-order valence-corrected chi connectivity index (χ2v) is 4.10. The second kappa shape index (κ2) is 3.50. The molecule has 0 saturated heterocycles. The van der Waals surface area contributed by atoms with E-state index >= 15 is 0 Å². The Kier molecular flexibility index (Phi) is 2.33. The predicted molar refractivity (Wildman–Crippen MR) is 56.8 cm³/mol. The number of hydrogen-bond acceptors (Lipinski definition) is 3. The number of anilines is 1. The van der Waals surface area contributed by atoms with Gasteiger partial charge in [-0.2, -0.15) is 0 Å². The van der Waals surface area contributed by atoms with Crippen molar-refractivity contribution in [3.8, 4) is 5.75 Å². The van der Waals surface area contributed by atoms with Gasteiger partial charge in [0.1, 0.15) is 5.75 Å². The molecular weight excluding hydrogens is 176 g/mol. The number of nitrogen functional groups attached to an aromatic ring is 1. The van der Waals surface area contributed by atoms with Gasteiger partial charge in [0.05, 0.1) is 5.69 Å². The van der Waals surface area contributed by atoms with Crippen molar-refractivity contribution in [1.82, 2.24) is 0 Å². The van der Waals surface area contributed by atoms with Crippen LogP contribution in [-0.4, -0.2) is 5.11 Å². The first-order chi connectivity index (χ1) is 6.66. The minimum atomic E-state index is 0.0361. The van der Waals surface area contributed by atoms with Crippen LogP contribution in [0.2, 0.25) is 0 Å². The van der Waals surface area contributed by atoms with Crippen LogP contribution in [0, 0.1) is 5.92 Å². The summed E-state index contributed by atoms with van der Waals surface area (Å²) in [5.41, 5.74) is 12.9. The number of hydrogen-bond donors (Lipinski definition) is 3. The summed E-state index contributed by atoms with van der Waals surface area (Å²) in [5, 5.41) is 9.42. The topological polar surface area (TPSA) is 72.3 Å². The first-order valence-corrected chi connectivity index (χ1v) is 5.01. The van der Waals surface area contributed by atoms with Crippen molar-refractivity contribution in [2.24, 2.45) is 11.7 Å². The van der Waals surface area contributed by atoms with E-state index in [2.05, 4.69) is 0 Å². The molecule has 3 nitrogen and oxygen atoms in total. The molecule has 0 unspecified atom stereocenters. The minimum Gasteiger partial charge on any atom is -0.506 e. The quantitative estimate of drug-likeness (QED) is 0.505. The van der Waals surface area contributed by atoms with Gasteiger partial charge in [0.15, 0.2) is 0 Å². The summed E-state index contributed by atoms with van der Waals surface area (Å²) in [6.07, 6.45) is 3.62. The Balaban J connectivity index is 2.10. The van der Waals surface area contributed by atoms with Crippen molar-refractivity contribution >= 4 is 5.69 Å². The van der Waals surface area contributed by atoms with Gasteiger partial charge in [-0.05, 0) is 30.0 Å². The Bertz CT molecular complexity index is 334. The molecule has 76 valence electrons. The van der Waals surface area contributed by atoms with Crippen LogP contribution in [-0.2, 0) is 0 Å². The molecule has 3 heteroatoms. The summed E-state index contributed by atoms with van der Waals surface area (Å²) >= 11 is 0. The molecule has 1 saturated carbocycles. The Labute approximate surface area is 83.7 Å². The Hall–Kier alpha value is -1.22. The highest BCUT2D eigenvalue weighted by Gasteiger charge is 2.24. The highest BCUT2D eigenvalue weighted by Crippen LogP contribution is 2.37. The number of nitrogens with two attached hydrogens (primary N) is 2. The van der Waals surface area contributed by atoms with Crippen LogP contribution in [0.25, 0.3) is 0 Å². The SMILES string of the molecule is Nc1ccc([C@H](N)CC2CC2)cc1O. The maximum atomic E-state index is 9.42. The van der Waals surface area contributed by atoms with E-state index in [1.54, 1.807) is 12.1 Å². The van der Waals surface area contributed by atoms with Crippen molar-refractivity contribution in [2.45, 2.75) is 25.3 Å². The summed E-state index contributed by atoms with van der Waals surface area (Å²) in [5.74, 6) is 0.929. The standard InChI is InChI=1S/C11H16N2O/c12-9-4-3-8(6-11(9)14)10(13)5-7-1-2-7/h3-4,6-7,10,14H,1-2,5,12-13H2/t10-/m1/s1. The smallest absolute Gasteiger partial charge is 0.138 e. The molecule has 1 aromatic rings. The summed E-state index contributed by atoms with van der Waals surface area (Å²) in [7, 11) is 0. The van der Waals surface area contributed by atoms with Crippen LogP contribution in [0.3, 0.4) is 0 Å². The third kappa shape index (κ3) is 1.99. The van der Waals surface area contributed by atoms with E-state index in [0.717, 1.165) is 17.9 Å². The third-order valence-corrected chi connectivity index (χ3v) is 2.77. The van der Waals surface area contributed by atoms with Gasteiger partial charge in [-0.3, -0.25) is 0 Å². The molecule has 1 aromatic carbocycles. The highest BCUT2D eigenvalue weighted by atomic mass is 16.3. The zero-order valence-corrected chi connectivity index (χ0v) is 8.11. The van der Waals surface area contributed by atoms with Crippen molar-refractivity contribution < 1.29 is 5.11 Å². The van der Waals surface area contributed by atoms with E-state index in [0.29, 0.717) is 5.69 Å². The van der Waals surface area contributed by atoms with Gasteiger partial charge in [-0.1, -0.05) is 18.9 Å². The predicted octanol–water partition coefficient (Wildman–Crippen LogP) is 1.77. The van der Waals surface area contributed by atoms with Crippen molar-refractivity contribution in [3.05, 3.63) is 23.8 Å². The number of rotatable bonds is 3. The first-order valence-electron chi connectivity index (χ1n) is 5.01. The fourth-order valence-corrected chi connectivity index (χ4v) is 1.64. The molecule has 0 aliphatic heterocycles. The van der Waals surface area contributed by atoms with Crippen LogP contribution < -0.4 is 11.5 Å². The molecular formula is C11H16N2O. The lowest BCUT2D eigenvalue weighted by Crippen LogP contribution is -2.10. The molecule has 5 N–H and O–H groups in total. The minimum absolute atomic E-state index is 0.0361. The summed E-state index contributed by atoms with van der Waals surface area (Å²) in [6.45, 7) is 0. The molecule has 2 rings (SSSR count).